The molecular formula is C14H19BrN4O2S. The molecule has 22 heavy (non-hydrogen) atoms. The van der Waals surface area contributed by atoms with E-state index in [1.54, 1.807) is 11.8 Å². The van der Waals surface area contributed by atoms with E-state index in [1.165, 1.54) is 0 Å². The summed E-state index contributed by atoms with van der Waals surface area (Å²) in [5, 5.41) is 6.95. The van der Waals surface area contributed by atoms with Crippen molar-refractivity contribution in [3.05, 3.63) is 32.8 Å². The quantitative estimate of drug-likeness (QED) is 0.713. The number of hydrogen-bond donors (Lipinski definition) is 2. The van der Waals surface area contributed by atoms with Gasteiger partial charge in [-0.15, -0.1) is 0 Å². The number of aromatic nitrogens is 3. The second-order valence-corrected chi connectivity index (χ2v) is 5.74. The molecule has 8 heteroatoms. The summed E-state index contributed by atoms with van der Waals surface area (Å²) in [6.45, 7) is 5.13. The van der Waals surface area contributed by atoms with Gasteiger partial charge in [0, 0.05) is 10.9 Å². The van der Waals surface area contributed by atoms with E-state index in [0.29, 0.717) is 23.7 Å². The number of nitrogens with zero attached hydrogens (tertiary/aromatic N) is 2. The molecule has 0 saturated carbocycles. The highest BCUT2D eigenvalue weighted by atomic mass is 79.9. The first-order chi connectivity index (χ1) is 10.6. The van der Waals surface area contributed by atoms with E-state index in [0.717, 1.165) is 28.0 Å². The summed E-state index contributed by atoms with van der Waals surface area (Å²) in [5.41, 5.74) is 4.30. The van der Waals surface area contributed by atoms with Crippen molar-refractivity contribution in [2.75, 3.05) is 19.1 Å². The average Bonchev–Trinajstić information content (AvgIpc) is 2.87. The van der Waals surface area contributed by atoms with Crippen LogP contribution in [0.1, 0.15) is 25.2 Å². The van der Waals surface area contributed by atoms with E-state index in [1.807, 2.05) is 26.0 Å². The lowest BCUT2D eigenvalue weighted by molar-refractivity contribution is 0.310. The van der Waals surface area contributed by atoms with Gasteiger partial charge >= 0.3 is 0 Å². The highest BCUT2D eigenvalue weighted by Crippen LogP contribution is 2.33. The van der Waals surface area contributed by atoms with E-state index in [-0.39, 0.29) is 0 Å². The van der Waals surface area contributed by atoms with Crippen molar-refractivity contribution < 1.29 is 9.47 Å². The van der Waals surface area contributed by atoms with Crippen molar-refractivity contribution in [1.29, 1.82) is 0 Å². The molecule has 6 nitrogen and oxygen atoms in total. The molecule has 0 aliphatic heterocycles. The van der Waals surface area contributed by atoms with Gasteiger partial charge in [-0.2, -0.15) is 5.10 Å². The second-order valence-electron chi connectivity index (χ2n) is 4.50. The second kappa shape index (κ2) is 7.64. The molecule has 0 unspecified atom stereocenters. The predicted molar refractivity (Wildman–Crippen MR) is 91.7 cm³/mol. The van der Waals surface area contributed by atoms with Crippen LogP contribution in [0.5, 0.6) is 11.5 Å². The molecule has 2 aromatic rings. The first-order valence-corrected chi connectivity index (χ1v) is 8.20. The zero-order valence-electron chi connectivity index (χ0n) is 12.8. The van der Waals surface area contributed by atoms with Gasteiger partial charge in [0.15, 0.2) is 17.3 Å². The predicted octanol–water partition coefficient (Wildman–Crippen LogP) is 3.42. The molecule has 0 fully saturated rings. The number of nitrogens with one attached hydrogen (secondary N) is 2. The van der Waals surface area contributed by atoms with Crippen LogP contribution in [0.15, 0.2) is 16.6 Å². The molecule has 0 aliphatic rings. The molecule has 0 radical (unpaired) electrons. The third kappa shape index (κ3) is 3.61. The Labute approximate surface area is 142 Å². The van der Waals surface area contributed by atoms with Gasteiger partial charge in [0.2, 0.25) is 4.77 Å². The molecule has 2 rings (SSSR count). The van der Waals surface area contributed by atoms with Gasteiger partial charge in [-0.25, -0.2) is 4.68 Å². The number of ether oxygens (including phenoxy) is 2. The van der Waals surface area contributed by atoms with Crippen LogP contribution >= 0.6 is 28.1 Å². The Balaban J connectivity index is 2.22. The summed E-state index contributed by atoms with van der Waals surface area (Å²) in [7, 11) is 1.63. The van der Waals surface area contributed by atoms with Crippen molar-refractivity contribution >= 4 is 28.1 Å². The molecule has 0 bridgehead atoms. The summed E-state index contributed by atoms with van der Waals surface area (Å²) in [4.78, 5) is 0. The maximum absolute atomic E-state index is 5.56. The van der Waals surface area contributed by atoms with Crippen LogP contribution in [0.2, 0.25) is 0 Å². The van der Waals surface area contributed by atoms with Crippen molar-refractivity contribution in [1.82, 2.24) is 14.9 Å². The van der Waals surface area contributed by atoms with E-state index in [2.05, 4.69) is 31.6 Å². The lowest BCUT2D eigenvalue weighted by Gasteiger charge is -2.14. The van der Waals surface area contributed by atoms with Gasteiger partial charge in [0.25, 0.3) is 0 Å². The van der Waals surface area contributed by atoms with Crippen molar-refractivity contribution in [2.24, 2.45) is 0 Å². The van der Waals surface area contributed by atoms with E-state index >= 15 is 0 Å². The van der Waals surface area contributed by atoms with Crippen LogP contribution in [0, 0.1) is 4.77 Å². The number of rotatable bonds is 7. The molecule has 1 aromatic heterocycles. The Morgan fingerprint density at radius 3 is 2.77 bits per heavy atom. The van der Waals surface area contributed by atoms with Gasteiger partial charge in [-0.3, -0.25) is 5.10 Å². The Morgan fingerprint density at radius 1 is 1.36 bits per heavy atom. The lowest BCUT2D eigenvalue weighted by Crippen LogP contribution is -2.17. The number of benzene rings is 1. The summed E-state index contributed by atoms with van der Waals surface area (Å²) in [5.74, 6) is 2.28. The summed E-state index contributed by atoms with van der Waals surface area (Å²) in [6.07, 6.45) is 0.786. The van der Waals surface area contributed by atoms with E-state index in [9.17, 15) is 0 Å². The molecular weight excluding hydrogens is 368 g/mol. The number of aromatic amines is 1. The lowest BCUT2D eigenvalue weighted by atomic mass is 10.2. The Hall–Kier alpha value is -1.54. The largest absolute Gasteiger partial charge is 0.493 e. The van der Waals surface area contributed by atoms with Gasteiger partial charge in [0.05, 0.1) is 20.3 Å². The van der Waals surface area contributed by atoms with Gasteiger partial charge < -0.3 is 14.9 Å². The van der Waals surface area contributed by atoms with Crippen LogP contribution in [-0.2, 0) is 13.0 Å². The smallest absolute Gasteiger partial charge is 0.214 e. The monoisotopic (exact) mass is 386 g/mol. The van der Waals surface area contributed by atoms with Crippen LogP contribution in [-0.4, -0.2) is 28.6 Å². The normalized spacial score (nSPS) is 10.5. The van der Waals surface area contributed by atoms with Gasteiger partial charge in [-0.1, -0.05) is 22.9 Å². The number of hydrogen-bond acceptors (Lipinski definition) is 5. The molecule has 2 N–H and O–H groups in total. The number of methoxy groups -OCH3 is 1. The molecule has 0 amide bonds. The van der Waals surface area contributed by atoms with Crippen molar-refractivity contribution in [2.45, 2.75) is 26.8 Å². The summed E-state index contributed by atoms with van der Waals surface area (Å²) < 4.78 is 14.2. The standard InChI is InChI=1S/C14H19BrN4O2S/c1-4-13-17-18-14(22)19(13)16-8-9-6-11(20-3)12(21-5-2)7-10(9)15/h6-7,16H,4-5,8H2,1-3H3,(H,18,22). The third-order valence-corrected chi connectivity index (χ3v) is 4.13. The Bertz CT molecular complexity index is 699. The maximum Gasteiger partial charge on any atom is 0.214 e. The van der Waals surface area contributed by atoms with Crippen LogP contribution in [0.25, 0.3) is 0 Å². The average molecular weight is 387 g/mol. The minimum atomic E-state index is 0.547. The third-order valence-electron chi connectivity index (χ3n) is 3.12. The van der Waals surface area contributed by atoms with Crippen LogP contribution < -0.4 is 14.9 Å². The topological polar surface area (TPSA) is 64.1 Å². The molecule has 120 valence electrons. The van der Waals surface area contributed by atoms with Crippen LogP contribution in [0.4, 0.5) is 0 Å². The fraction of sp³-hybridized carbons (Fsp3) is 0.429. The first-order valence-electron chi connectivity index (χ1n) is 7.00. The van der Waals surface area contributed by atoms with Crippen molar-refractivity contribution in [3.63, 3.8) is 0 Å². The Morgan fingerprint density at radius 2 is 2.14 bits per heavy atom. The van der Waals surface area contributed by atoms with Gasteiger partial charge in [-0.05, 0) is 36.8 Å². The molecule has 0 aliphatic carbocycles. The van der Waals surface area contributed by atoms with Gasteiger partial charge in [0.1, 0.15) is 0 Å². The molecule has 1 aromatic carbocycles. The zero-order chi connectivity index (χ0) is 16.1. The zero-order valence-corrected chi connectivity index (χ0v) is 15.2. The highest BCUT2D eigenvalue weighted by Gasteiger charge is 2.11. The SMILES string of the molecule is CCOc1cc(Br)c(CNn2c(CC)n[nH]c2=S)cc1OC. The highest BCUT2D eigenvalue weighted by molar-refractivity contribution is 9.10. The number of H-pyrrole nitrogens is 1. The summed E-state index contributed by atoms with van der Waals surface area (Å²) in [6, 6.07) is 3.85. The summed E-state index contributed by atoms with van der Waals surface area (Å²) >= 11 is 8.78. The Kier molecular flexibility index (Phi) is 5.84. The minimum absolute atomic E-state index is 0.547. The first kappa shape index (κ1) is 16.8. The van der Waals surface area contributed by atoms with E-state index < -0.39 is 0 Å². The fourth-order valence-electron chi connectivity index (χ4n) is 2.03. The van der Waals surface area contributed by atoms with Crippen LogP contribution in [0.3, 0.4) is 0 Å². The fourth-order valence-corrected chi connectivity index (χ4v) is 2.71. The van der Waals surface area contributed by atoms with E-state index in [4.69, 9.17) is 21.7 Å². The minimum Gasteiger partial charge on any atom is -0.493 e. The molecule has 1 heterocycles. The molecule has 0 saturated heterocycles. The van der Waals surface area contributed by atoms with Crippen molar-refractivity contribution in [3.8, 4) is 11.5 Å². The number of aryl methyl sites for hydroxylation is 1. The maximum atomic E-state index is 5.56. The molecule has 0 spiro atoms. The molecule has 0 atom stereocenters. The number of halogens is 1.